The van der Waals surface area contributed by atoms with Crippen molar-refractivity contribution in [3.8, 4) is 5.75 Å². The highest BCUT2D eigenvalue weighted by Crippen LogP contribution is 2.52. The summed E-state index contributed by atoms with van der Waals surface area (Å²) in [4.78, 5) is 2.42. The van der Waals surface area contributed by atoms with E-state index in [9.17, 15) is 0 Å². The first kappa shape index (κ1) is 12.9. The smallest absolute Gasteiger partial charge is 0.119 e. The van der Waals surface area contributed by atoms with E-state index in [2.05, 4.69) is 30.1 Å². The highest BCUT2D eigenvalue weighted by molar-refractivity contribution is 5.46. The van der Waals surface area contributed by atoms with Gasteiger partial charge in [-0.3, -0.25) is 0 Å². The second-order valence-electron chi connectivity index (χ2n) is 5.97. The van der Waals surface area contributed by atoms with Gasteiger partial charge in [0.15, 0.2) is 0 Å². The summed E-state index contributed by atoms with van der Waals surface area (Å²) in [5.41, 5.74) is 3.14. The Morgan fingerprint density at radius 2 is 1.95 bits per heavy atom. The molecule has 1 fully saturated rings. The van der Waals surface area contributed by atoms with Gasteiger partial charge in [0.05, 0.1) is 13.2 Å². The Kier molecular flexibility index (Phi) is 3.27. The van der Waals surface area contributed by atoms with E-state index in [1.54, 1.807) is 7.11 Å². The van der Waals surface area contributed by atoms with Crippen LogP contribution in [0.5, 0.6) is 5.75 Å². The van der Waals surface area contributed by atoms with E-state index < -0.39 is 0 Å². The fraction of sp³-hybridized carbons (Fsp3) is 0.625. The van der Waals surface area contributed by atoms with Crippen molar-refractivity contribution >= 4 is 0 Å². The normalized spacial score (nSPS) is 25.5. The van der Waals surface area contributed by atoms with Gasteiger partial charge in [0.1, 0.15) is 5.75 Å². The molecule has 3 heteroatoms. The number of rotatable bonds is 2. The molecule has 0 radical (unpaired) electrons. The van der Waals surface area contributed by atoms with Crippen molar-refractivity contribution in [3.05, 3.63) is 29.3 Å². The molecule has 1 unspecified atom stereocenters. The molecule has 2 aliphatic rings. The van der Waals surface area contributed by atoms with E-state index in [1.165, 1.54) is 37.1 Å². The summed E-state index contributed by atoms with van der Waals surface area (Å²) in [6.07, 6.45) is 3.83. The average Bonchev–Trinajstić information content (AvgIpc) is 2.76. The van der Waals surface area contributed by atoms with Gasteiger partial charge in [-0.25, -0.2) is 0 Å². The third-order valence-electron chi connectivity index (χ3n) is 4.98. The molecule has 1 aliphatic heterocycles. The van der Waals surface area contributed by atoms with Crippen LogP contribution in [0.3, 0.4) is 0 Å². The first-order valence-corrected chi connectivity index (χ1v) is 7.08. The van der Waals surface area contributed by atoms with Crippen molar-refractivity contribution in [1.29, 1.82) is 0 Å². The lowest BCUT2D eigenvalue weighted by atomic mass is 9.74. The molecule has 1 saturated heterocycles. The fourth-order valence-corrected chi connectivity index (χ4v) is 3.71. The molecular weight excluding hydrogens is 238 g/mol. The van der Waals surface area contributed by atoms with Gasteiger partial charge >= 0.3 is 0 Å². The number of benzene rings is 1. The SMILES string of the molecule is COc1ccc2c(c1)C1(CCN(C)CC1)CC2OC. The predicted octanol–water partition coefficient (Wildman–Crippen LogP) is 2.75. The van der Waals surface area contributed by atoms with Crippen LogP contribution >= 0.6 is 0 Å². The van der Waals surface area contributed by atoms with Gasteiger partial charge < -0.3 is 14.4 Å². The maximum Gasteiger partial charge on any atom is 0.119 e. The minimum Gasteiger partial charge on any atom is -0.497 e. The number of ether oxygens (including phenoxy) is 2. The van der Waals surface area contributed by atoms with Crippen molar-refractivity contribution in [1.82, 2.24) is 4.90 Å². The Morgan fingerprint density at radius 1 is 1.21 bits per heavy atom. The molecule has 1 aliphatic carbocycles. The summed E-state index contributed by atoms with van der Waals surface area (Å²) in [5, 5.41) is 0. The van der Waals surface area contributed by atoms with Gasteiger partial charge in [-0.05, 0) is 62.7 Å². The van der Waals surface area contributed by atoms with E-state index in [4.69, 9.17) is 9.47 Å². The number of fused-ring (bicyclic) bond motifs is 2. The molecule has 0 amide bonds. The van der Waals surface area contributed by atoms with E-state index in [-0.39, 0.29) is 6.10 Å². The lowest BCUT2D eigenvalue weighted by Crippen LogP contribution is -2.39. The van der Waals surface area contributed by atoms with E-state index in [1.807, 2.05) is 7.11 Å². The highest BCUT2D eigenvalue weighted by Gasteiger charge is 2.45. The Hall–Kier alpha value is -1.06. The summed E-state index contributed by atoms with van der Waals surface area (Å²) in [6, 6.07) is 6.48. The second kappa shape index (κ2) is 4.80. The summed E-state index contributed by atoms with van der Waals surface area (Å²) < 4.78 is 11.1. The molecule has 1 heterocycles. The van der Waals surface area contributed by atoms with Gasteiger partial charge in [0, 0.05) is 12.5 Å². The molecule has 1 spiro atoms. The van der Waals surface area contributed by atoms with Crippen LogP contribution in [0.4, 0.5) is 0 Å². The Bertz CT molecular complexity index is 464. The van der Waals surface area contributed by atoms with Crippen molar-refractivity contribution in [2.75, 3.05) is 34.4 Å². The summed E-state index contributed by atoms with van der Waals surface area (Å²) in [6.45, 7) is 2.35. The van der Waals surface area contributed by atoms with Crippen LogP contribution in [0.15, 0.2) is 18.2 Å². The van der Waals surface area contributed by atoms with Crippen LogP contribution in [-0.2, 0) is 10.2 Å². The van der Waals surface area contributed by atoms with Crippen LogP contribution < -0.4 is 4.74 Å². The molecule has 104 valence electrons. The zero-order valence-corrected chi connectivity index (χ0v) is 12.1. The molecule has 19 heavy (non-hydrogen) atoms. The molecule has 1 aromatic carbocycles. The van der Waals surface area contributed by atoms with Crippen molar-refractivity contribution < 1.29 is 9.47 Å². The third kappa shape index (κ3) is 2.05. The minimum atomic E-state index is 0.254. The third-order valence-corrected chi connectivity index (χ3v) is 4.98. The number of hydrogen-bond donors (Lipinski definition) is 0. The predicted molar refractivity (Wildman–Crippen MR) is 75.8 cm³/mol. The second-order valence-corrected chi connectivity index (χ2v) is 5.97. The van der Waals surface area contributed by atoms with Gasteiger partial charge in [-0.1, -0.05) is 6.07 Å². The molecule has 1 aromatic rings. The van der Waals surface area contributed by atoms with Crippen molar-refractivity contribution in [3.63, 3.8) is 0 Å². The zero-order chi connectivity index (χ0) is 13.5. The first-order chi connectivity index (χ1) is 9.18. The van der Waals surface area contributed by atoms with Crippen LogP contribution in [-0.4, -0.2) is 39.3 Å². The van der Waals surface area contributed by atoms with Crippen molar-refractivity contribution in [2.45, 2.75) is 30.8 Å². The van der Waals surface area contributed by atoms with Crippen LogP contribution in [0.1, 0.15) is 36.5 Å². The zero-order valence-electron chi connectivity index (χ0n) is 12.1. The molecule has 0 N–H and O–H groups in total. The lowest BCUT2D eigenvalue weighted by molar-refractivity contribution is 0.0736. The molecule has 3 nitrogen and oxygen atoms in total. The molecular formula is C16H23NO2. The monoisotopic (exact) mass is 261 g/mol. The van der Waals surface area contributed by atoms with Crippen LogP contribution in [0.25, 0.3) is 0 Å². The highest BCUT2D eigenvalue weighted by atomic mass is 16.5. The number of hydrogen-bond acceptors (Lipinski definition) is 3. The average molecular weight is 261 g/mol. The fourth-order valence-electron chi connectivity index (χ4n) is 3.71. The number of nitrogens with zero attached hydrogens (tertiary/aromatic N) is 1. The van der Waals surface area contributed by atoms with Gasteiger partial charge in [0.25, 0.3) is 0 Å². The largest absolute Gasteiger partial charge is 0.497 e. The molecule has 1 atom stereocenters. The van der Waals surface area contributed by atoms with Crippen LogP contribution in [0, 0.1) is 0 Å². The first-order valence-electron chi connectivity index (χ1n) is 7.08. The molecule has 0 saturated carbocycles. The van der Waals surface area contributed by atoms with Gasteiger partial charge in [-0.15, -0.1) is 0 Å². The summed E-state index contributed by atoms with van der Waals surface area (Å²) in [7, 11) is 5.78. The maximum atomic E-state index is 5.71. The van der Waals surface area contributed by atoms with E-state index >= 15 is 0 Å². The standard InChI is InChI=1S/C16H23NO2/c1-17-8-6-16(7-9-17)11-15(19-3)13-5-4-12(18-2)10-14(13)16/h4-5,10,15H,6-9,11H2,1-3H3. The maximum absolute atomic E-state index is 5.71. The minimum absolute atomic E-state index is 0.254. The Morgan fingerprint density at radius 3 is 2.58 bits per heavy atom. The lowest BCUT2D eigenvalue weighted by Gasteiger charge is -2.38. The number of likely N-dealkylation sites (tertiary alicyclic amines) is 1. The van der Waals surface area contributed by atoms with Gasteiger partial charge in [-0.2, -0.15) is 0 Å². The molecule has 0 bridgehead atoms. The summed E-state index contributed by atoms with van der Waals surface area (Å²) in [5.74, 6) is 0.966. The van der Waals surface area contributed by atoms with Crippen molar-refractivity contribution in [2.24, 2.45) is 0 Å². The molecule has 3 rings (SSSR count). The summed E-state index contributed by atoms with van der Waals surface area (Å²) >= 11 is 0. The van der Waals surface area contributed by atoms with Gasteiger partial charge in [0.2, 0.25) is 0 Å². The quantitative estimate of drug-likeness (QED) is 0.817. The van der Waals surface area contributed by atoms with Crippen LogP contribution in [0.2, 0.25) is 0 Å². The van der Waals surface area contributed by atoms with E-state index in [0.717, 1.165) is 12.2 Å². The Balaban J connectivity index is 2.01. The van der Waals surface area contributed by atoms with E-state index in [0.29, 0.717) is 5.41 Å². The topological polar surface area (TPSA) is 21.7 Å². The molecule has 0 aromatic heterocycles. The Labute approximate surface area is 115 Å². The number of piperidine rings is 1. The number of methoxy groups -OCH3 is 2.